The van der Waals surface area contributed by atoms with Crippen LogP contribution in [0.4, 0.5) is 0 Å². The van der Waals surface area contributed by atoms with Crippen molar-refractivity contribution in [3.63, 3.8) is 0 Å². The third kappa shape index (κ3) is 2.63. The van der Waals surface area contributed by atoms with Gasteiger partial charge >= 0.3 is 0 Å². The van der Waals surface area contributed by atoms with E-state index in [1.54, 1.807) is 11.3 Å². The summed E-state index contributed by atoms with van der Waals surface area (Å²) >= 11 is 1.72. The normalized spacial score (nSPS) is 25.5. The number of carbonyl (C=O) groups is 1. The van der Waals surface area contributed by atoms with Gasteiger partial charge in [0.05, 0.1) is 4.88 Å². The van der Waals surface area contributed by atoms with Crippen LogP contribution in [-0.2, 0) is 12.8 Å². The van der Waals surface area contributed by atoms with Gasteiger partial charge in [0.1, 0.15) is 0 Å². The van der Waals surface area contributed by atoms with Crippen LogP contribution in [0.3, 0.4) is 0 Å². The summed E-state index contributed by atoms with van der Waals surface area (Å²) in [6, 6.07) is 3.20. The topological polar surface area (TPSA) is 32.3 Å². The molecule has 0 spiro atoms. The van der Waals surface area contributed by atoms with E-state index in [0.29, 0.717) is 12.1 Å². The molecular formula is C16H24N2OS. The highest BCUT2D eigenvalue weighted by Gasteiger charge is 2.28. The molecule has 2 aliphatic rings. The van der Waals surface area contributed by atoms with E-state index in [-0.39, 0.29) is 5.91 Å². The van der Waals surface area contributed by atoms with Crippen molar-refractivity contribution in [2.24, 2.45) is 0 Å². The molecule has 1 aromatic rings. The first-order valence-electron chi connectivity index (χ1n) is 7.75. The first-order chi connectivity index (χ1) is 9.69. The predicted molar refractivity (Wildman–Crippen MR) is 83.5 cm³/mol. The maximum atomic E-state index is 12.6. The molecule has 0 unspecified atom stereocenters. The molecule has 0 aliphatic heterocycles. The van der Waals surface area contributed by atoms with Crippen molar-refractivity contribution in [3.05, 3.63) is 21.4 Å². The van der Waals surface area contributed by atoms with Crippen LogP contribution in [0.1, 0.15) is 52.2 Å². The van der Waals surface area contributed by atoms with E-state index in [4.69, 9.17) is 0 Å². The zero-order valence-corrected chi connectivity index (χ0v) is 13.3. The minimum atomic E-state index is 0.234. The van der Waals surface area contributed by atoms with Crippen LogP contribution in [0.2, 0.25) is 0 Å². The van der Waals surface area contributed by atoms with Crippen LogP contribution in [0.15, 0.2) is 6.07 Å². The molecule has 0 bridgehead atoms. The monoisotopic (exact) mass is 292 g/mol. The molecule has 3 nitrogen and oxygen atoms in total. The zero-order valence-electron chi connectivity index (χ0n) is 12.4. The van der Waals surface area contributed by atoms with Gasteiger partial charge in [0.2, 0.25) is 0 Å². The summed E-state index contributed by atoms with van der Waals surface area (Å²) in [5.74, 6) is 0.234. The van der Waals surface area contributed by atoms with E-state index in [9.17, 15) is 4.79 Å². The lowest BCUT2D eigenvalue weighted by atomic mass is 9.90. The number of carbonyl (C=O) groups excluding carboxylic acids is 1. The number of nitrogens with zero attached hydrogens (tertiary/aromatic N) is 1. The van der Waals surface area contributed by atoms with Crippen molar-refractivity contribution in [3.8, 4) is 0 Å². The third-order valence-electron chi connectivity index (χ3n) is 4.93. The van der Waals surface area contributed by atoms with Gasteiger partial charge in [-0.05, 0) is 63.6 Å². The first kappa shape index (κ1) is 14.1. The van der Waals surface area contributed by atoms with Gasteiger partial charge in [0.15, 0.2) is 0 Å². The van der Waals surface area contributed by atoms with Crippen LogP contribution in [-0.4, -0.2) is 37.0 Å². The fraction of sp³-hybridized carbons (Fsp3) is 0.688. The molecular weight excluding hydrogens is 268 g/mol. The molecule has 2 aliphatic carbocycles. The lowest BCUT2D eigenvalue weighted by Crippen LogP contribution is -2.42. The van der Waals surface area contributed by atoms with Gasteiger partial charge in [-0.25, -0.2) is 0 Å². The largest absolute Gasteiger partial charge is 0.338 e. The Kier molecular flexibility index (Phi) is 4.13. The summed E-state index contributed by atoms with van der Waals surface area (Å²) in [6.07, 6.45) is 8.21. The Hall–Kier alpha value is -0.870. The number of hydrogen-bond donors (Lipinski definition) is 1. The molecule has 0 saturated heterocycles. The summed E-state index contributed by atoms with van der Waals surface area (Å²) in [7, 11) is 4.02. The van der Waals surface area contributed by atoms with E-state index in [2.05, 4.69) is 11.4 Å². The number of hydrogen-bond acceptors (Lipinski definition) is 3. The van der Waals surface area contributed by atoms with Crippen molar-refractivity contribution in [2.45, 2.75) is 57.0 Å². The van der Waals surface area contributed by atoms with Crippen molar-refractivity contribution in [1.29, 1.82) is 0 Å². The van der Waals surface area contributed by atoms with E-state index in [1.807, 2.05) is 19.0 Å². The Morgan fingerprint density at radius 1 is 1.30 bits per heavy atom. The molecule has 0 atom stereocenters. The predicted octanol–water partition coefficient (Wildman–Crippen LogP) is 2.84. The number of amides is 1. The zero-order chi connectivity index (χ0) is 14.1. The summed E-state index contributed by atoms with van der Waals surface area (Å²) in [5, 5.41) is 3.35. The summed E-state index contributed by atoms with van der Waals surface area (Å²) in [4.78, 5) is 17.0. The van der Waals surface area contributed by atoms with Gasteiger partial charge in [-0.3, -0.25) is 4.79 Å². The van der Waals surface area contributed by atoms with Crippen molar-refractivity contribution >= 4 is 17.2 Å². The lowest BCUT2D eigenvalue weighted by molar-refractivity contribution is 0.0690. The molecule has 20 heavy (non-hydrogen) atoms. The Morgan fingerprint density at radius 2 is 2.05 bits per heavy atom. The van der Waals surface area contributed by atoms with E-state index >= 15 is 0 Å². The standard InChI is InChI=1S/C16H24N2OS/c1-17-12-6-8-13(9-7-12)18(2)16(19)15-10-11-4-3-5-14(11)20-15/h10,12-13,17H,3-9H2,1-2H3. The average Bonchev–Trinajstić information content (AvgIpc) is 3.07. The minimum Gasteiger partial charge on any atom is -0.338 e. The minimum absolute atomic E-state index is 0.234. The second-order valence-corrected chi connectivity index (χ2v) is 7.26. The molecule has 1 amide bonds. The van der Waals surface area contributed by atoms with Crippen LogP contribution in [0.25, 0.3) is 0 Å². The first-order valence-corrected chi connectivity index (χ1v) is 8.56. The maximum absolute atomic E-state index is 12.6. The molecule has 1 saturated carbocycles. The van der Waals surface area contributed by atoms with Gasteiger partial charge < -0.3 is 10.2 Å². The van der Waals surface area contributed by atoms with Gasteiger partial charge in [0, 0.05) is 24.0 Å². The molecule has 110 valence electrons. The average molecular weight is 292 g/mol. The highest BCUT2D eigenvalue weighted by molar-refractivity contribution is 7.14. The lowest BCUT2D eigenvalue weighted by Gasteiger charge is -2.34. The summed E-state index contributed by atoms with van der Waals surface area (Å²) < 4.78 is 0. The Morgan fingerprint density at radius 3 is 2.70 bits per heavy atom. The van der Waals surface area contributed by atoms with Gasteiger partial charge in [-0.15, -0.1) is 11.3 Å². The molecule has 4 heteroatoms. The number of fused-ring (bicyclic) bond motifs is 1. The van der Waals surface area contributed by atoms with Crippen LogP contribution >= 0.6 is 11.3 Å². The van der Waals surface area contributed by atoms with Crippen LogP contribution < -0.4 is 5.32 Å². The summed E-state index contributed by atoms with van der Waals surface area (Å²) in [5.41, 5.74) is 1.42. The quantitative estimate of drug-likeness (QED) is 0.929. The van der Waals surface area contributed by atoms with Crippen molar-refractivity contribution < 1.29 is 4.79 Å². The maximum Gasteiger partial charge on any atom is 0.263 e. The van der Waals surface area contributed by atoms with Crippen molar-refractivity contribution in [1.82, 2.24) is 10.2 Å². The van der Waals surface area contributed by atoms with Crippen LogP contribution in [0.5, 0.6) is 0 Å². The molecule has 1 aromatic heterocycles. The molecule has 0 radical (unpaired) electrons. The van der Waals surface area contributed by atoms with E-state index in [0.717, 1.165) is 24.1 Å². The number of thiophene rings is 1. The number of aryl methyl sites for hydroxylation is 2. The Labute approximate surface area is 125 Å². The fourth-order valence-electron chi connectivity index (χ4n) is 3.53. The summed E-state index contributed by atoms with van der Waals surface area (Å²) in [6.45, 7) is 0. The van der Waals surface area contributed by atoms with Crippen LogP contribution in [0, 0.1) is 0 Å². The molecule has 1 N–H and O–H groups in total. The Bertz CT molecular complexity index is 467. The van der Waals surface area contributed by atoms with Gasteiger partial charge in [0.25, 0.3) is 5.91 Å². The van der Waals surface area contributed by atoms with Crippen molar-refractivity contribution in [2.75, 3.05) is 14.1 Å². The highest BCUT2D eigenvalue weighted by Crippen LogP contribution is 2.32. The third-order valence-corrected chi connectivity index (χ3v) is 6.16. The molecule has 3 rings (SSSR count). The number of nitrogens with one attached hydrogen (secondary N) is 1. The second kappa shape index (κ2) is 5.86. The highest BCUT2D eigenvalue weighted by atomic mass is 32.1. The fourth-order valence-corrected chi connectivity index (χ4v) is 4.76. The molecule has 0 aromatic carbocycles. The van der Waals surface area contributed by atoms with E-state index in [1.165, 1.54) is 36.1 Å². The number of rotatable bonds is 3. The SMILES string of the molecule is CNC1CCC(N(C)C(=O)c2cc3c(s2)CCC3)CC1. The molecule has 1 heterocycles. The smallest absolute Gasteiger partial charge is 0.263 e. The van der Waals surface area contributed by atoms with E-state index < -0.39 is 0 Å². The molecule has 1 fully saturated rings. The second-order valence-electron chi connectivity index (χ2n) is 6.12. The van der Waals surface area contributed by atoms with Gasteiger partial charge in [-0.1, -0.05) is 0 Å². The Balaban J connectivity index is 1.64. The van der Waals surface area contributed by atoms with Gasteiger partial charge in [-0.2, -0.15) is 0 Å².